The molecule has 1 aromatic carbocycles. The van der Waals surface area contributed by atoms with Crippen molar-refractivity contribution in [3.05, 3.63) is 22.7 Å². The number of anilines is 2. The van der Waals surface area contributed by atoms with Gasteiger partial charge in [-0.2, -0.15) is 13.2 Å². The lowest BCUT2D eigenvalue weighted by atomic mass is 10.2. The highest BCUT2D eigenvalue weighted by molar-refractivity contribution is 9.10. The SMILES string of the molecule is Nc1cc(Br)ccc1NCCC(F)(F)F. The van der Waals surface area contributed by atoms with E-state index in [1.54, 1.807) is 18.2 Å². The Morgan fingerprint density at radius 1 is 1.33 bits per heavy atom. The van der Waals surface area contributed by atoms with Crippen molar-refractivity contribution in [3.63, 3.8) is 0 Å². The highest BCUT2D eigenvalue weighted by Crippen LogP contribution is 2.24. The average Bonchev–Trinajstić information content (AvgIpc) is 2.07. The van der Waals surface area contributed by atoms with E-state index in [0.717, 1.165) is 4.47 Å². The molecule has 0 heterocycles. The van der Waals surface area contributed by atoms with Crippen molar-refractivity contribution in [3.8, 4) is 0 Å². The number of hydrogen-bond acceptors (Lipinski definition) is 2. The third-order valence-corrected chi connectivity index (χ3v) is 2.23. The van der Waals surface area contributed by atoms with Gasteiger partial charge in [-0.25, -0.2) is 0 Å². The molecule has 84 valence electrons. The van der Waals surface area contributed by atoms with Gasteiger partial charge in [0.05, 0.1) is 17.8 Å². The molecule has 3 N–H and O–H groups in total. The molecule has 0 radical (unpaired) electrons. The van der Waals surface area contributed by atoms with Gasteiger partial charge >= 0.3 is 6.18 Å². The Morgan fingerprint density at radius 2 is 2.00 bits per heavy atom. The molecule has 0 aliphatic heterocycles. The summed E-state index contributed by atoms with van der Waals surface area (Å²) >= 11 is 3.21. The molecule has 0 fully saturated rings. The van der Waals surface area contributed by atoms with E-state index in [4.69, 9.17) is 5.73 Å². The summed E-state index contributed by atoms with van der Waals surface area (Å²) < 4.78 is 36.3. The van der Waals surface area contributed by atoms with Crippen LogP contribution >= 0.6 is 15.9 Å². The third kappa shape index (κ3) is 4.42. The fourth-order valence-corrected chi connectivity index (χ4v) is 1.41. The highest BCUT2D eigenvalue weighted by Gasteiger charge is 2.26. The summed E-state index contributed by atoms with van der Waals surface area (Å²) in [4.78, 5) is 0. The zero-order valence-corrected chi connectivity index (χ0v) is 9.32. The summed E-state index contributed by atoms with van der Waals surface area (Å²) in [5, 5.41) is 2.63. The van der Waals surface area contributed by atoms with Gasteiger partial charge in [0, 0.05) is 11.0 Å². The predicted octanol–water partition coefficient (Wildman–Crippen LogP) is 3.40. The second-order valence-corrected chi connectivity index (χ2v) is 3.94. The van der Waals surface area contributed by atoms with E-state index in [0.29, 0.717) is 11.4 Å². The lowest BCUT2D eigenvalue weighted by Crippen LogP contribution is -2.15. The standard InChI is InChI=1S/C9H10BrF3N2/c10-6-1-2-8(7(14)5-6)15-4-3-9(11,12)13/h1-2,5,15H,3-4,14H2. The van der Waals surface area contributed by atoms with E-state index in [-0.39, 0.29) is 6.54 Å². The fourth-order valence-electron chi connectivity index (χ4n) is 1.03. The molecular weight excluding hydrogens is 273 g/mol. The molecule has 0 amide bonds. The zero-order chi connectivity index (χ0) is 11.5. The smallest absolute Gasteiger partial charge is 0.390 e. The lowest BCUT2D eigenvalue weighted by Gasteiger charge is -2.10. The molecule has 0 atom stereocenters. The molecule has 0 saturated heterocycles. The van der Waals surface area contributed by atoms with Gasteiger partial charge in [0.2, 0.25) is 0 Å². The second kappa shape index (κ2) is 4.74. The largest absolute Gasteiger partial charge is 0.397 e. The maximum absolute atomic E-state index is 11.8. The van der Waals surface area contributed by atoms with Crippen molar-refractivity contribution in [1.82, 2.24) is 0 Å². The molecule has 1 aromatic rings. The van der Waals surface area contributed by atoms with Crippen LogP contribution in [-0.4, -0.2) is 12.7 Å². The van der Waals surface area contributed by atoms with E-state index in [9.17, 15) is 13.2 Å². The van der Waals surface area contributed by atoms with Crippen molar-refractivity contribution >= 4 is 27.3 Å². The minimum atomic E-state index is -4.14. The van der Waals surface area contributed by atoms with Crippen LogP contribution in [0.4, 0.5) is 24.5 Å². The van der Waals surface area contributed by atoms with Crippen LogP contribution in [0.1, 0.15) is 6.42 Å². The number of benzene rings is 1. The number of nitrogen functional groups attached to an aromatic ring is 1. The Morgan fingerprint density at radius 3 is 2.53 bits per heavy atom. The summed E-state index contributed by atoms with van der Waals surface area (Å²) in [5.74, 6) is 0. The Balaban J connectivity index is 2.51. The minimum absolute atomic E-state index is 0.171. The van der Waals surface area contributed by atoms with Gasteiger partial charge in [0.1, 0.15) is 0 Å². The van der Waals surface area contributed by atoms with Gasteiger partial charge in [-0.1, -0.05) is 15.9 Å². The Kier molecular flexibility index (Phi) is 3.84. The van der Waals surface area contributed by atoms with Crippen LogP contribution in [0.5, 0.6) is 0 Å². The fraction of sp³-hybridized carbons (Fsp3) is 0.333. The molecule has 6 heteroatoms. The minimum Gasteiger partial charge on any atom is -0.397 e. The zero-order valence-electron chi connectivity index (χ0n) is 7.74. The maximum Gasteiger partial charge on any atom is 0.390 e. The van der Waals surface area contributed by atoms with Crippen LogP contribution in [0.3, 0.4) is 0 Å². The van der Waals surface area contributed by atoms with Crippen LogP contribution in [-0.2, 0) is 0 Å². The van der Waals surface area contributed by atoms with Crippen LogP contribution in [0.25, 0.3) is 0 Å². The summed E-state index contributed by atoms with van der Waals surface area (Å²) in [6.07, 6.45) is -5.01. The number of nitrogens with two attached hydrogens (primary N) is 1. The van der Waals surface area contributed by atoms with Crippen molar-refractivity contribution in [1.29, 1.82) is 0 Å². The van der Waals surface area contributed by atoms with Crippen molar-refractivity contribution < 1.29 is 13.2 Å². The first kappa shape index (κ1) is 12.2. The van der Waals surface area contributed by atoms with Crippen LogP contribution in [0.15, 0.2) is 22.7 Å². The van der Waals surface area contributed by atoms with Gasteiger partial charge < -0.3 is 11.1 Å². The maximum atomic E-state index is 11.8. The third-order valence-electron chi connectivity index (χ3n) is 1.74. The Hall–Kier alpha value is -0.910. The summed E-state index contributed by atoms with van der Waals surface area (Å²) in [7, 11) is 0. The molecule has 0 aliphatic rings. The number of alkyl halides is 3. The Labute approximate surface area is 93.8 Å². The number of halogens is 4. The number of hydrogen-bond donors (Lipinski definition) is 2. The molecule has 0 saturated carbocycles. The molecule has 1 rings (SSSR count). The van der Waals surface area contributed by atoms with E-state index >= 15 is 0 Å². The summed E-state index contributed by atoms with van der Waals surface area (Å²) in [6, 6.07) is 4.98. The van der Waals surface area contributed by atoms with Gasteiger partial charge in [-0.3, -0.25) is 0 Å². The molecule has 0 aliphatic carbocycles. The van der Waals surface area contributed by atoms with E-state index in [1.165, 1.54) is 0 Å². The van der Waals surface area contributed by atoms with Crippen LogP contribution in [0.2, 0.25) is 0 Å². The first-order valence-corrected chi connectivity index (χ1v) is 5.03. The molecule has 2 nitrogen and oxygen atoms in total. The topological polar surface area (TPSA) is 38.0 Å². The van der Waals surface area contributed by atoms with Crippen molar-refractivity contribution in [2.24, 2.45) is 0 Å². The normalized spacial score (nSPS) is 11.5. The van der Waals surface area contributed by atoms with E-state index in [1.807, 2.05) is 0 Å². The van der Waals surface area contributed by atoms with Gasteiger partial charge in [0.15, 0.2) is 0 Å². The summed E-state index contributed by atoms with van der Waals surface area (Å²) in [6.45, 7) is -0.171. The Bertz CT molecular complexity index is 339. The molecule has 0 bridgehead atoms. The van der Waals surface area contributed by atoms with E-state index < -0.39 is 12.6 Å². The van der Waals surface area contributed by atoms with Gasteiger partial charge in [-0.15, -0.1) is 0 Å². The first-order chi connectivity index (χ1) is 6.88. The van der Waals surface area contributed by atoms with Crippen LogP contribution in [0, 0.1) is 0 Å². The predicted molar refractivity (Wildman–Crippen MR) is 57.7 cm³/mol. The average molecular weight is 283 g/mol. The number of rotatable bonds is 3. The van der Waals surface area contributed by atoms with Gasteiger partial charge in [-0.05, 0) is 18.2 Å². The number of nitrogens with one attached hydrogen (secondary N) is 1. The molecule has 15 heavy (non-hydrogen) atoms. The molecule has 0 aromatic heterocycles. The quantitative estimate of drug-likeness (QED) is 0.834. The van der Waals surface area contributed by atoms with Gasteiger partial charge in [0.25, 0.3) is 0 Å². The van der Waals surface area contributed by atoms with Crippen molar-refractivity contribution in [2.45, 2.75) is 12.6 Å². The van der Waals surface area contributed by atoms with Crippen LogP contribution < -0.4 is 11.1 Å². The van der Waals surface area contributed by atoms with Crippen molar-refractivity contribution in [2.75, 3.05) is 17.6 Å². The molecule has 0 spiro atoms. The monoisotopic (exact) mass is 282 g/mol. The lowest BCUT2D eigenvalue weighted by molar-refractivity contribution is -0.131. The molecular formula is C9H10BrF3N2. The second-order valence-electron chi connectivity index (χ2n) is 3.02. The highest BCUT2D eigenvalue weighted by atomic mass is 79.9. The first-order valence-electron chi connectivity index (χ1n) is 4.24. The molecule has 0 unspecified atom stereocenters. The summed E-state index contributed by atoms with van der Waals surface area (Å²) in [5.41, 5.74) is 6.54. The van der Waals surface area contributed by atoms with E-state index in [2.05, 4.69) is 21.2 Å².